The van der Waals surface area contributed by atoms with Crippen molar-refractivity contribution >= 4 is 33.4 Å². The number of nitrogens with one attached hydrogen (secondary N) is 1. The highest BCUT2D eigenvalue weighted by Gasteiger charge is 2.35. The number of methoxy groups -OCH3 is 1. The van der Waals surface area contributed by atoms with Crippen molar-refractivity contribution in [3.8, 4) is 0 Å². The second kappa shape index (κ2) is 7.69. The van der Waals surface area contributed by atoms with Crippen LogP contribution in [0.5, 0.6) is 0 Å². The van der Waals surface area contributed by atoms with Gasteiger partial charge in [0.25, 0.3) is 21.7 Å². The first-order chi connectivity index (χ1) is 12.6. The van der Waals surface area contributed by atoms with Crippen LogP contribution in [0.4, 0.5) is 11.4 Å². The number of aliphatic hydroxyl groups is 1. The number of aliphatic hydroxyl groups excluding tert-OH is 1. The highest BCUT2D eigenvalue weighted by Crippen LogP contribution is 2.31. The van der Waals surface area contributed by atoms with Gasteiger partial charge in [0.15, 0.2) is 0 Å². The van der Waals surface area contributed by atoms with Gasteiger partial charge in [0.1, 0.15) is 16.3 Å². The molecular weight excluding hydrogens is 386 g/mol. The Labute approximate surface area is 152 Å². The molecule has 1 heterocycles. The Morgan fingerprint density at radius 1 is 1.44 bits per heavy atom. The highest BCUT2D eigenvalue weighted by atomic mass is 32.2. The summed E-state index contributed by atoms with van der Waals surface area (Å²) in [4.78, 5) is 35.1. The lowest BCUT2D eigenvalue weighted by molar-refractivity contribution is -0.384. The van der Waals surface area contributed by atoms with Crippen molar-refractivity contribution in [3.63, 3.8) is 0 Å². The molecule has 0 atom stereocenters. The highest BCUT2D eigenvalue weighted by molar-refractivity contribution is 7.85. The molecule has 1 aliphatic rings. The van der Waals surface area contributed by atoms with Crippen LogP contribution in [0.1, 0.15) is 0 Å². The van der Waals surface area contributed by atoms with Crippen molar-refractivity contribution in [1.29, 1.82) is 0 Å². The van der Waals surface area contributed by atoms with E-state index >= 15 is 0 Å². The molecule has 0 fully saturated rings. The monoisotopic (exact) mass is 401 g/mol. The van der Waals surface area contributed by atoms with E-state index in [2.05, 4.69) is 10.1 Å². The normalized spacial score (nSPS) is 14.5. The van der Waals surface area contributed by atoms with E-state index in [4.69, 9.17) is 9.66 Å². The molecule has 0 bridgehead atoms. The number of nitro benzene ring substituents is 1. The predicted octanol–water partition coefficient (Wildman–Crippen LogP) is -0.485. The molecule has 0 spiro atoms. The number of hydrogen-bond acceptors (Lipinski definition) is 9. The van der Waals surface area contributed by atoms with Gasteiger partial charge in [-0.2, -0.15) is 8.42 Å². The summed E-state index contributed by atoms with van der Waals surface area (Å²) in [5.41, 5.74) is -1.42. The molecule has 0 aromatic heterocycles. The number of anilines is 1. The number of ether oxygens (including phenoxy) is 1. The number of benzene rings is 1. The predicted molar refractivity (Wildman–Crippen MR) is 89.2 cm³/mol. The Morgan fingerprint density at radius 2 is 2.11 bits per heavy atom. The average molecular weight is 401 g/mol. The number of amides is 1. The van der Waals surface area contributed by atoms with E-state index in [1.807, 2.05) is 0 Å². The fourth-order valence-electron chi connectivity index (χ4n) is 2.41. The molecule has 1 aromatic carbocycles. The van der Waals surface area contributed by atoms with Gasteiger partial charge >= 0.3 is 5.97 Å². The van der Waals surface area contributed by atoms with Crippen LogP contribution >= 0.6 is 0 Å². The molecule has 2 rings (SSSR count). The summed E-state index contributed by atoms with van der Waals surface area (Å²) in [6.45, 7) is -0.615. The summed E-state index contributed by atoms with van der Waals surface area (Å²) in [5.74, 6) is -1.54. The minimum atomic E-state index is -4.68. The molecule has 3 N–H and O–H groups in total. The summed E-state index contributed by atoms with van der Waals surface area (Å²) in [7, 11) is -3.59. The second-order valence-electron chi connectivity index (χ2n) is 5.33. The third kappa shape index (κ3) is 4.21. The molecule has 27 heavy (non-hydrogen) atoms. The number of nitrogens with zero attached hydrogens (tertiary/aromatic N) is 2. The molecule has 1 amide bonds. The van der Waals surface area contributed by atoms with E-state index in [1.165, 1.54) is 0 Å². The number of hydrogen-bond donors (Lipinski definition) is 3. The summed E-state index contributed by atoms with van der Waals surface area (Å²) in [6.07, 6.45) is 0. The van der Waals surface area contributed by atoms with Crippen LogP contribution in [0.3, 0.4) is 0 Å². The largest absolute Gasteiger partial charge is 0.466 e. The molecule has 0 saturated heterocycles. The van der Waals surface area contributed by atoms with Crippen LogP contribution in [0.15, 0.2) is 34.4 Å². The van der Waals surface area contributed by atoms with E-state index in [9.17, 15) is 28.1 Å². The fraction of sp³-hybridized carbons (Fsp3) is 0.286. The first kappa shape index (κ1) is 20.3. The van der Waals surface area contributed by atoms with Crippen LogP contribution in [0.25, 0.3) is 0 Å². The molecule has 1 aromatic rings. The van der Waals surface area contributed by atoms with Crippen molar-refractivity contribution in [3.05, 3.63) is 39.6 Å². The molecule has 0 saturated carbocycles. The van der Waals surface area contributed by atoms with Crippen LogP contribution in [-0.4, -0.2) is 66.6 Å². The Hall–Kier alpha value is -3.03. The topological polar surface area (TPSA) is 176 Å². The van der Waals surface area contributed by atoms with E-state index in [1.54, 1.807) is 0 Å². The number of carbonyl (C=O) groups excluding carboxylic acids is 2. The fourth-order valence-corrected chi connectivity index (χ4v) is 2.91. The van der Waals surface area contributed by atoms with Gasteiger partial charge in [0.2, 0.25) is 0 Å². The van der Waals surface area contributed by atoms with E-state index in [-0.39, 0.29) is 36.7 Å². The molecular formula is C14H15N3O9S. The number of β-amino-alcohol motifs (C(OH)–C–C–N with tert-alkyl or cyclic N) is 1. The van der Waals surface area contributed by atoms with E-state index in [0.717, 1.165) is 24.1 Å². The van der Waals surface area contributed by atoms with Gasteiger partial charge in [-0.25, -0.2) is 4.79 Å². The lowest BCUT2D eigenvalue weighted by atomic mass is 10.2. The maximum atomic E-state index is 12.4. The third-order valence-corrected chi connectivity index (χ3v) is 4.53. The summed E-state index contributed by atoms with van der Waals surface area (Å²) >= 11 is 0. The van der Waals surface area contributed by atoms with Crippen molar-refractivity contribution in [2.45, 2.75) is 4.90 Å². The van der Waals surface area contributed by atoms with Crippen LogP contribution in [0.2, 0.25) is 0 Å². The molecule has 12 nitrogen and oxygen atoms in total. The van der Waals surface area contributed by atoms with Crippen molar-refractivity contribution < 1.29 is 37.3 Å². The summed E-state index contributed by atoms with van der Waals surface area (Å²) in [5, 5.41) is 22.7. The Bertz CT molecular complexity index is 939. The minimum Gasteiger partial charge on any atom is -0.466 e. The van der Waals surface area contributed by atoms with Crippen LogP contribution in [-0.2, 0) is 24.4 Å². The maximum absolute atomic E-state index is 12.4. The van der Waals surface area contributed by atoms with Crippen molar-refractivity contribution in [1.82, 2.24) is 4.90 Å². The van der Waals surface area contributed by atoms with Crippen LogP contribution < -0.4 is 5.32 Å². The molecule has 146 valence electrons. The van der Waals surface area contributed by atoms with Gasteiger partial charge in [-0.15, -0.1) is 0 Å². The molecule has 0 unspecified atom stereocenters. The number of esters is 1. The zero-order valence-electron chi connectivity index (χ0n) is 13.9. The van der Waals surface area contributed by atoms with Gasteiger partial charge in [-0.3, -0.25) is 19.5 Å². The van der Waals surface area contributed by atoms with E-state index < -0.39 is 37.5 Å². The Balaban J connectivity index is 2.50. The zero-order valence-corrected chi connectivity index (χ0v) is 14.7. The van der Waals surface area contributed by atoms with Crippen LogP contribution in [0, 0.1) is 10.1 Å². The van der Waals surface area contributed by atoms with Gasteiger partial charge in [0, 0.05) is 12.6 Å². The Kier molecular flexibility index (Phi) is 5.78. The van der Waals surface area contributed by atoms with Gasteiger partial charge < -0.3 is 20.1 Å². The first-order valence-electron chi connectivity index (χ1n) is 7.34. The zero-order chi connectivity index (χ0) is 20.4. The number of carbonyl (C=O) groups is 2. The lowest BCUT2D eigenvalue weighted by Gasteiger charge is -2.15. The van der Waals surface area contributed by atoms with E-state index in [0.29, 0.717) is 6.07 Å². The minimum absolute atomic E-state index is 0.0751. The molecule has 0 radical (unpaired) electrons. The summed E-state index contributed by atoms with van der Waals surface area (Å²) in [6, 6.07) is 2.49. The average Bonchev–Trinajstić information content (AvgIpc) is 2.90. The molecule has 0 aliphatic carbocycles. The Morgan fingerprint density at radius 3 is 2.63 bits per heavy atom. The number of rotatable bonds is 7. The molecule has 1 aliphatic heterocycles. The van der Waals surface area contributed by atoms with Gasteiger partial charge in [-0.05, 0) is 12.1 Å². The SMILES string of the molecule is COC(=O)C1=C(Nc2ccc(S(=O)(=O)O)cc2[N+](=O)[O-])C(=O)N(CCO)C1. The molecule has 13 heteroatoms. The van der Waals surface area contributed by atoms with Crippen molar-refractivity contribution in [2.75, 3.05) is 32.1 Å². The quantitative estimate of drug-likeness (QED) is 0.234. The second-order valence-corrected chi connectivity index (χ2v) is 6.75. The van der Waals surface area contributed by atoms with Crippen molar-refractivity contribution in [2.24, 2.45) is 0 Å². The smallest absolute Gasteiger partial charge is 0.337 e. The number of nitro groups is 1. The standard InChI is InChI=1S/C14H15N3O9S/c1-26-14(20)9-7-16(4-5-18)13(19)12(9)15-10-3-2-8(27(23,24)25)6-11(10)17(21)22/h2-3,6,15,18H,4-5,7H2,1H3,(H,23,24,25). The van der Waals surface area contributed by atoms with Gasteiger partial charge in [-0.1, -0.05) is 0 Å². The third-order valence-electron chi connectivity index (χ3n) is 3.68. The first-order valence-corrected chi connectivity index (χ1v) is 8.78. The summed E-state index contributed by atoms with van der Waals surface area (Å²) < 4.78 is 36.0. The van der Waals surface area contributed by atoms with Gasteiger partial charge in [0.05, 0.1) is 30.8 Å². The lowest BCUT2D eigenvalue weighted by Crippen LogP contribution is -2.31. The maximum Gasteiger partial charge on any atom is 0.337 e.